The summed E-state index contributed by atoms with van der Waals surface area (Å²) in [6.45, 7) is 6.71. The van der Waals surface area contributed by atoms with Crippen molar-refractivity contribution in [1.82, 2.24) is 14.7 Å². The number of likely N-dealkylation sites (tertiary alicyclic amines) is 1. The van der Waals surface area contributed by atoms with E-state index in [1.165, 1.54) is 16.9 Å². The minimum absolute atomic E-state index is 0.0212. The number of carbonyl (C=O) groups is 1. The first-order chi connectivity index (χ1) is 12.6. The predicted octanol–water partition coefficient (Wildman–Crippen LogP) is 3.96. The molecule has 1 saturated heterocycles. The number of aryl methyl sites for hydroxylation is 1. The van der Waals surface area contributed by atoms with Gasteiger partial charge in [-0.1, -0.05) is 29.5 Å². The van der Waals surface area contributed by atoms with Crippen molar-refractivity contribution in [2.45, 2.75) is 33.4 Å². The number of nitrogens with one attached hydrogen (secondary N) is 1. The van der Waals surface area contributed by atoms with Gasteiger partial charge in [-0.05, 0) is 50.5 Å². The lowest BCUT2D eigenvalue weighted by Crippen LogP contribution is -2.38. The van der Waals surface area contributed by atoms with Crippen LogP contribution in [0, 0.1) is 16.8 Å². The fourth-order valence-corrected chi connectivity index (χ4v) is 4.04. The Hall–Kier alpha value is -1.77. The minimum Gasteiger partial charge on any atom is -0.466 e. The van der Waals surface area contributed by atoms with Crippen molar-refractivity contribution < 1.29 is 9.53 Å². The second-order valence-corrected chi connectivity index (χ2v) is 8.02. The Kier molecular flexibility index (Phi) is 6.39. The Labute approximate surface area is 162 Å². The number of hydrogen-bond donors (Lipinski definition) is 1. The van der Waals surface area contributed by atoms with Crippen LogP contribution in [0.2, 0.25) is 0 Å². The minimum atomic E-state index is -0.0675. The quantitative estimate of drug-likeness (QED) is 0.593. The molecule has 0 radical (unpaired) electrons. The van der Waals surface area contributed by atoms with E-state index in [0.29, 0.717) is 13.3 Å². The number of para-hydroxylation sites is 1. The molecule has 1 aliphatic heterocycles. The maximum Gasteiger partial charge on any atom is 0.309 e. The van der Waals surface area contributed by atoms with E-state index in [1.807, 2.05) is 29.8 Å². The summed E-state index contributed by atoms with van der Waals surface area (Å²) >= 11 is 6.94. The van der Waals surface area contributed by atoms with Crippen molar-refractivity contribution in [2.24, 2.45) is 5.92 Å². The van der Waals surface area contributed by atoms with E-state index in [0.717, 1.165) is 40.7 Å². The second kappa shape index (κ2) is 8.75. The zero-order valence-corrected chi connectivity index (χ0v) is 16.7. The Balaban J connectivity index is 1.58. The first kappa shape index (κ1) is 19.0. The van der Waals surface area contributed by atoms with Crippen LogP contribution < -0.4 is 5.32 Å². The Morgan fingerprint density at radius 2 is 2.12 bits per heavy atom. The molecule has 1 aromatic heterocycles. The van der Waals surface area contributed by atoms with Crippen molar-refractivity contribution in [3.63, 3.8) is 0 Å². The molecule has 0 unspecified atom stereocenters. The summed E-state index contributed by atoms with van der Waals surface area (Å²) in [5.41, 5.74) is 2.21. The molecule has 0 amide bonds. The van der Waals surface area contributed by atoms with Crippen LogP contribution in [0.1, 0.15) is 25.3 Å². The second-order valence-electron chi connectivity index (χ2n) is 6.40. The van der Waals surface area contributed by atoms with Crippen LogP contribution in [0.25, 0.3) is 0 Å². The summed E-state index contributed by atoms with van der Waals surface area (Å²) in [5.74, 6) is -0.0463. The molecule has 1 aromatic carbocycles. The average Bonchev–Trinajstić information content (AvgIpc) is 2.97. The van der Waals surface area contributed by atoms with Crippen molar-refractivity contribution in [3.8, 4) is 0 Å². The lowest BCUT2D eigenvalue weighted by molar-refractivity contribution is -0.149. The summed E-state index contributed by atoms with van der Waals surface area (Å²) in [7, 11) is 0. The number of carbonyl (C=O) groups excluding carboxylic acids is 1. The van der Waals surface area contributed by atoms with Gasteiger partial charge >= 0.3 is 5.97 Å². The zero-order chi connectivity index (χ0) is 18.5. The molecule has 26 heavy (non-hydrogen) atoms. The van der Waals surface area contributed by atoms with E-state index in [9.17, 15) is 4.79 Å². The van der Waals surface area contributed by atoms with Gasteiger partial charge in [0.05, 0.1) is 19.2 Å². The third kappa shape index (κ3) is 4.69. The highest BCUT2D eigenvalue weighted by atomic mass is 32.1. The van der Waals surface area contributed by atoms with Crippen LogP contribution in [0.15, 0.2) is 24.3 Å². The fraction of sp³-hybridized carbons (Fsp3) is 0.500. The van der Waals surface area contributed by atoms with Gasteiger partial charge < -0.3 is 10.1 Å². The van der Waals surface area contributed by atoms with Crippen LogP contribution in [-0.4, -0.2) is 40.3 Å². The zero-order valence-electron chi connectivity index (χ0n) is 15.1. The largest absolute Gasteiger partial charge is 0.466 e. The molecular formula is C18H24N4O2S2. The lowest BCUT2D eigenvalue weighted by Gasteiger charge is -2.30. The van der Waals surface area contributed by atoms with Crippen molar-refractivity contribution in [2.75, 3.05) is 25.0 Å². The van der Waals surface area contributed by atoms with Crippen molar-refractivity contribution in [1.29, 1.82) is 0 Å². The Morgan fingerprint density at radius 3 is 2.81 bits per heavy atom. The van der Waals surface area contributed by atoms with E-state index >= 15 is 0 Å². The summed E-state index contributed by atoms with van der Waals surface area (Å²) in [6.07, 6.45) is 1.65. The van der Waals surface area contributed by atoms with E-state index in [2.05, 4.69) is 28.3 Å². The highest BCUT2D eigenvalue weighted by Crippen LogP contribution is 2.24. The van der Waals surface area contributed by atoms with Crippen LogP contribution in [-0.2, 0) is 16.2 Å². The number of piperidine rings is 1. The molecule has 2 heterocycles. The number of nitrogens with zero attached hydrogens (tertiary/aromatic N) is 3. The SMILES string of the molecule is CCOC(=O)C1CCN(Cn2nc(Nc3ccccc3C)sc2=S)CC1. The lowest BCUT2D eigenvalue weighted by atomic mass is 9.97. The Morgan fingerprint density at radius 1 is 1.38 bits per heavy atom. The van der Waals surface area contributed by atoms with E-state index < -0.39 is 0 Å². The van der Waals surface area contributed by atoms with Crippen molar-refractivity contribution >= 4 is 40.3 Å². The van der Waals surface area contributed by atoms with Gasteiger partial charge in [-0.2, -0.15) is 0 Å². The molecule has 3 rings (SSSR count). The van der Waals surface area contributed by atoms with Crippen LogP contribution in [0.4, 0.5) is 10.8 Å². The van der Waals surface area contributed by atoms with Gasteiger partial charge in [0.2, 0.25) is 5.13 Å². The van der Waals surface area contributed by atoms with Gasteiger partial charge in [0, 0.05) is 18.8 Å². The number of aromatic nitrogens is 2. The van der Waals surface area contributed by atoms with Gasteiger partial charge in [-0.3, -0.25) is 9.69 Å². The third-order valence-electron chi connectivity index (χ3n) is 4.53. The number of hydrogen-bond acceptors (Lipinski definition) is 7. The standard InChI is InChI=1S/C18H24N4O2S2/c1-3-24-16(23)14-8-10-21(11-9-14)12-22-18(25)26-17(20-22)19-15-7-5-4-6-13(15)2/h4-7,14H,3,8-12H2,1-2H3,(H,19,20). The van der Waals surface area contributed by atoms with Gasteiger partial charge in [0.25, 0.3) is 0 Å². The van der Waals surface area contributed by atoms with E-state index in [4.69, 9.17) is 17.0 Å². The molecule has 0 saturated carbocycles. The highest BCUT2D eigenvalue weighted by molar-refractivity contribution is 7.73. The molecule has 1 N–H and O–H groups in total. The molecule has 140 valence electrons. The van der Waals surface area contributed by atoms with Gasteiger partial charge in [-0.15, -0.1) is 5.10 Å². The molecular weight excluding hydrogens is 368 g/mol. The number of benzene rings is 1. The molecule has 0 aliphatic carbocycles. The topological polar surface area (TPSA) is 59.4 Å². The molecule has 6 nitrogen and oxygen atoms in total. The smallest absolute Gasteiger partial charge is 0.309 e. The third-order valence-corrected chi connectivity index (χ3v) is 5.76. The summed E-state index contributed by atoms with van der Waals surface area (Å²) in [6, 6.07) is 8.11. The first-order valence-electron chi connectivity index (χ1n) is 8.86. The van der Waals surface area contributed by atoms with Crippen LogP contribution in [0.5, 0.6) is 0 Å². The number of esters is 1. The normalized spacial score (nSPS) is 15.8. The number of rotatable bonds is 6. The van der Waals surface area contributed by atoms with E-state index in [1.54, 1.807) is 0 Å². The summed E-state index contributed by atoms with van der Waals surface area (Å²) < 4.78 is 7.72. The monoisotopic (exact) mass is 392 g/mol. The number of anilines is 2. The maximum absolute atomic E-state index is 11.8. The molecule has 1 fully saturated rings. The molecule has 8 heteroatoms. The summed E-state index contributed by atoms with van der Waals surface area (Å²) in [4.78, 5) is 14.1. The molecule has 0 atom stereocenters. The van der Waals surface area contributed by atoms with Gasteiger partial charge in [-0.25, -0.2) is 4.68 Å². The first-order valence-corrected chi connectivity index (χ1v) is 10.1. The highest BCUT2D eigenvalue weighted by Gasteiger charge is 2.26. The van der Waals surface area contributed by atoms with Crippen LogP contribution >= 0.6 is 23.6 Å². The van der Waals surface area contributed by atoms with Crippen molar-refractivity contribution in [3.05, 3.63) is 33.8 Å². The molecule has 1 aliphatic rings. The molecule has 0 spiro atoms. The predicted molar refractivity (Wildman–Crippen MR) is 106 cm³/mol. The molecule has 0 bridgehead atoms. The average molecular weight is 393 g/mol. The Bertz CT molecular complexity index is 810. The fourth-order valence-electron chi connectivity index (χ4n) is 3.03. The maximum atomic E-state index is 11.8. The summed E-state index contributed by atoms with van der Waals surface area (Å²) in [5, 5.41) is 8.75. The number of ether oxygens (including phenoxy) is 1. The van der Waals surface area contributed by atoms with Gasteiger partial charge in [0.1, 0.15) is 0 Å². The van der Waals surface area contributed by atoms with E-state index in [-0.39, 0.29) is 11.9 Å². The molecule has 2 aromatic rings. The van der Waals surface area contributed by atoms with Gasteiger partial charge in [0.15, 0.2) is 3.95 Å². The van der Waals surface area contributed by atoms with Crippen LogP contribution in [0.3, 0.4) is 0 Å².